The number of nitrogens with one attached hydrogen (secondary N) is 1. The predicted octanol–water partition coefficient (Wildman–Crippen LogP) is -0.240. The highest BCUT2D eigenvalue weighted by atomic mass is 16.5. The molecular formula is C10H18N2O3. The SMILES string of the molecule is CNCC1(OC=O)CCN(C(C)=O)CC1. The van der Waals surface area contributed by atoms with Crippen LogP contribution in [-0.4, -0.2) is 49.6 Å². The number of amides is 1. The topological polar surface area (TPSA) is 58.6 Å². The monoisotopic (exact) mass is 214 g/mol. The number of hydrogen-bond donors (Lipinski definition) is 1. The summed E-state index contributed by atoms with van der Waals surface area (Å²) < 4.78 is 5.16. The van der Waals surface area contributed by atoms with Gasteiger partial charge in [-0.2, -0.15) is 0 Å². The van der Waals surface area contributed by atoms with Gasteiger partial charge in [-0.25, -0.2) is 0 Å². The first-order valence-corrected chi connectivity index (χ1v) is 5.15. The van der Waals surface area contributed by atoms with E-state index in [9.17, 15) is 9.59 Å². The average Bonchev–Trinajstić information content (AvgIpc) is 2.19. The molecule has 0 aliphatic carbocycles. The third kappa shape index (κ3) is 2.92. The molecule has 15 heavy (non-hydrogen) atoms. The van der Waals surface area contributed by atoms with Gasteiger partial charge in [0.2, 0.25) is 5.91 Å². The summed E-state index contributed by atoms with van der Waals surface area (Å²) in [4.78, 5) is 23.3. The molecule has 1 amide bonds. The molecule has 0 atom stereocenters. The van der Waals surface area contributed by atoms with E-state index in [1.54, 1.807) is 11.8 Å². The Morgan fingerprint density at radius 2 is 2.13 bits per heavy atom. The van der Waals surface area contributed by atoms with E-state index >= 15 is 0 Å². The number of likely N-dealkylation sites (N-methyl/N-ethyl adjacent to an activating group) is 1. The summed E-state index contributed by atoms with van der Waals surface area (Å²) in [6.45, 7) is 4.01. The minimum absolute atomic E-state index is 0.0826. The van der Waals surface area contributed by atoms with Crippen molar-refractivity contribution in [3.05, 3.63) is 0 Å². The van der Waals surface area contributed by atoms with Crippen molar-refractivity contribution in [2.75, 3.05) is 26.7 Å². The standard InChI is InChI=1S/C10H18N2O3/c1-9(14)12-5-3-10(4-6-12,7-11-2)15-8-13/h8,11H,3-7H2,1-2H3. The summed E-state index contributed by atoms with van der Waals surface area (Å²) in [5.41, 5.74) is -0.428. The van der Waals surface area contributed by atoms with Crippen LogP contribution in [-0.2, 0) is 14.3 Å². The van der Waals surface area contributed by atoms with Crippen LogP contribution in [0.25, 0.3) is 0 Å². The van der Waals surface area contributed by atoms with Gasteiger partial charge in [-0.15, -0.1) is 0 Å². The van der Waals surface area contributed by atoms with Crippen LogP contribution in [0.2, 0.25) is 0 Å². The molecule has 0 aromatic rings. The maximum absolute atomic E-state index is 11.1. The summed E-state index contributed by atoms with van der Waals surface area (Å²) in [6.07, 6.45) is 1.40. The fourth-order valence-corrected chi connectivity index (χ4v) is 1.99. The highest BCUT2D eigenvalue weighted by Gasteiger charge is 2.36. The van der Waals surface area contributed by atoms with Gasteiger partial charge >= 0.3 is 0 Å². The Bertz CT molecular complexity index is 235. The maximum atomic E-state index is 11.1. The van der Waals surface area contributed by atoms with Gasteiger partial charge in [0.05, 0.1) is 0 Å². The quantitative estimate of drug-likeness (QED) is 0.656. The summed E-state index contributed by atoms with van der Waals surface area (Å²) >= 11 is 0. The molecule has 0 aromatic carbocycles. The van der Waals surface area contributed by atoms with Crippen molar-refractivity contribution in [2.24, 2.45) is 0 Å². The van der Waals surface area contributed by atoms with Gasteiger partial charge in [-0.1, -0.05) is 0 Å². The van der Waals surface area contributed by atoms with Crippen molar-refractivity contribution < 1.29 is 14.3 Å². The molecule has 0 saturated carbocycles. The Kier molecular flexibility index (Phi) is 4.08. The Morgan fingerprint density at radius 3 is 2.53 bits per heavy atom. The fourth-order valence-electron chi connectivity index (χ4n) is 1.99. The second kappa shape index (κ2) is 5.11. The van der Waals surface area contributed by atoms with Crippen LogP contribution in [0.4, 0.5) is 0 Å². The van der Waals surface area contributed by atoms with E-state index in [0.717, 1.165) is 0 Å². The average molecular weight is 214 g/mol. The van der Waals surface area contributed by atoms with E-state index in [4.69, 9.17) is 4.74 Å². The second-order valence-electron chi connectivity index (χ2n) is 3.93. The summed E-state index contributed by atoms with van der Waals surface area (Å²) in [5, 5.41) is 3.02. The number of hydrogen-bond acceptors (Lipinski definition) is 4. The molecule has 0 aromatic heterocycles. The minimum atomic E-state index is -0.428. The van der Waals surface area contributed by atoms with Crippen LogP contribution < -0.4 is 5.32 Å². The number of ether oxygens (including phenoxy) is 1. The highest BCUT2D eigenvalue weighted by Crippen LogP contribution is 2.25. The van der Waals surface area contributed by atoms with E-state index in [0.29, 0.717) is 38.9 Å². The lowest BCUT2D eigenvalue weighted by molar-refractivity contribution is -0.150. The first-order valence-electron chi connectivity index (χ1n) is 5.15. The molecule has 1 aliphatic rings. The molecule has 1 rings (SSSR count). The summed E-state index contributed by atoms with van der Waals surface area (Å²) in [5.74, 6) is 0.0826. The first-order chi connectivity index (χ1) is 7.13. The lowest BCUT2D eigenvalue weighted by Gasteiger charge is -2.39. The minimum Gasteiger partial charge on any atom is -0.460 e. The lowest BCUT2D eigenvalue weighted by Crippen LogP contribution is -2.51. The Hall–Kier alpha value is -1.10. The van der Waals surface area contributed by atoms with Gasteiger partial charge in [-0.05, 0) is 7.05 Å². The Balaban J connectivity index is 2.56. The van der Waals surface area contributed by atoms with E-state index in [1.165, 1.54) is 0 Å². The number of nitrogens with zero attached hydrogens (tertiary/aromatic N) is 1. The molecule has 1 aliphatic heterocycles. The zero-order valence-corrected chi connectivity index (χ0v) is 9.28. The third-order valence-corrected chi connectivity index (χ3v) is 2.92. The molecule has 5 nitrogen and oxygen atoms in total. The van der Waals surface area contributed by atoms with Crippen LogP contribution in [0, 0.1) is 0 Å². The van der Waals surface area contributed by atoms with Crippen molar-refractivity contribution in [1.29, 1.82) is 0 Å². The number of likely N-dealkylation sites (tertiary alicyclic amines) is 1. The van der Waals surface area contributed by atoms with Crippen LogP contribution in [0.15, 0.2) is 0 Å². The fraction of sp³-hybridized carbons (Fsp3) is 0.800. The molecule has 0 spiro atoms. The van der Waals surface area contributed by atoms with Crippen molar-refractivity contribution in [3.63, 3.8) is 0 Å². The lowest BCUT2D eigenvalue weighted by atomic mass is 9.91. The number of carbonyl (C=O) groups excluding carboxylic acids is 2. The van der Waals surface area contributed by atoms with Crippen LogP contribution in [0.5, 0.6) is 0 Å². The zero-order valence-electron chi connectivity index (χ0n) is 9.28. The number of piperidine rings is 1. The summed E-state index contributed by atoms with van der Waals surface area (Å²) in [7, 11) is 1.83. The van der Waals surface area contributed by atoms with E-state index in [1.807, 2.05) is 7.05 Å². The molecule has 0 unspecified atom stereocenters. The molecule has 1 N–H and O–H groups in total. The molecule has 86 valence electrons. The van der Waals surface area contributed by atoms with Crippen molar-refractivity contribution in [2.45, 2.75) is 25.4 Å². The van der Waals surface area contributed by atoms with Gasteiger partial charge in [0.1, 0.15) is 5.60 Å². The normalized spacial score (nSPS) is 19.7. The molecular weight excluding hydrogens is 196 g/mol. The van der Waals surface area contributed by atoms with E-state index in [2.05, 4.69) is 5.32 Å². The maximum Gasteiger partial charge on any atom is 0.293 e. The summed E-state index contributed by atoms with van der Waals surface area (Å²) in [6, 6.07) is 0. The van der Waals surface area contributed by atoms with Crippen molar-refractivity contribution >= 4 is 12.4 Å². The van der Waals surface area contributed by atoms with Gasteiger partial charge in [0.15, 0.2) is 0 Å². The zero-order chi connectivity index (χ0) is 11.3. The second-order valence-corrected chi connectivity index (χ2v) is 3.93. The molecule has 1 fully saturated rings. The molecule has 1 heterocycles. The van der Waals surface area contributed by atoms with Crippen LogP contribution in [0.3, 0.4) is 0 Å². The first kappa shape index (κ1) is 12.0. The molecule has 0 radical (unpaired) electrons. The van der Waals surface area contributed by atoms with Crippen molar-refractivity contribution in [1.82, 2.24) is 10.2 Å². The molecule has 0 bridgehead atoms. The van der Waals surface area contributed by atoms with Crippen LogP contribution >= 0.6 is 0 Å². The third-order valence-electron chi connectivity index (χ3n) is 2.92. The van der Waals surface area contributed by atoms with Gasteiger partial charge in [0.25, 0.3) is 6.47 Å². The van der Waals surface area contributed by atoms with Crippen molar-refractivity contribution in [3.8, 4) is 0 Å². The van der Waals surface area contributed by atoms with E-state index in [-0.39, 0.29) is 5.91 Å². The number of rotatable bonds is 4. The largest absolute Gasteiger partial charge is 0.460 e. The van der Waals surface area contributed by atoms with Crippen LogP contribution in [0.1, 0.15) is 19.8 Å². The highest BCUT2D eigenvalue weighted by molar-refractivity contribution is 5.73. The smallest absolute Gasteiger partial charge is 0.293 e. The van der Waals surface area contributed by atoms with Gasteiger partial charge < -0.3 is 15.0 Å². The predicted molar refractivity (Wildman–Crippen MR) is 55.3 cm³/mol. The number of carbonyl (C=O) groups is 2. The molecule has 5 heteroatoms. The Morgan fingerprint density at radius 1 is 1.53 bits per heavy atom. The molecule has 1 saturated heterocycles. The van der Waals surface area contributed by atoms with E-state index < -0.39 is 5.60 Å². The Labute approximate surface area is 89.8 Å². The van der Waals surface area contributed by atoms with Gasteiger partial charge in [-0.3, -0.25) is 9.59 Å². The van der Waals surface area contributed by atoms with Gasteiger partial charge in [0, 0.05) is 39.4 Å².